The molecular weight excluding hydrogens is 330 g/mol. The topological polar surface area (TPSA) is 45.2 Å². The molecule has 0 saturated carbocycles. The zero-order chi connectivity index (χ0) is 18.2. The van der Waals surface area contributed by atoms with Crippen LogP contribution < -0.4 is 4.74 Å². The smallest absolute Gasteiger partial charge is 0.224 e. The summed E-state index contributed by atoms with van der Waals surface area (Å²) in [4.78, 5) is 19.3. The number of nitrogens with zero attached hydrogens (tertiary/aromatic N) is 3. The molecule has 2 saturated heterocycles. The molecule has 1 aromatic rings. The number of hydrogen-bond acceptors (Lipinski definition) is 5. The molecule has 0 bridgehead atoms. The number of morpholine rings is 1. The van der Waals surface area contributed by atoms with E-state index in [0.717, 1.165) is 64.8 Å². The lowest BCUT2D eigenvalue weighted by atomic mass is 10.1. The molecule has 2 aliphatic rings. The molecule has 6 heteroatoms. The van der Waals surface area contributed by atoms with Gasteiger partial charge in [-0.15, -0.1) is 0 Å². The van der Waals surface area contributed by atoms with Crippen molar-refractivity contribution >= 4 is 5.91 Å². The fourth-order valence-electron chi connectivity index (χ4n) is 3.56. The van der Waals surface area contributed by atoms with Gasteiger partial charge in [-0.2, -0.15) is 0 Å². The monoisotopic (exact) mass is 361 g/mol. The van der Waals surface area contributed by atoms with Crippen molar-refractivity contribution in [3.63, 3.8) is 0 Å². The Morgan fingerprint density at radius 2 is 1.77 bits per heavy atom. The second-order valence-electron chi connectivity index (χ2n) is 7.09. The van der Waals surface area contributed by atoms with Crippen molar-refractivity contribution in [2.45, 2.75) is 19.4 Å². The lowest BCUT2D eigenvalue weighted by Crippen LogP contribution is -2.51. The predicted molar refractivity (Wildman–Crippen MR) is 101 cm³/mol. The van der Waals surface area contributed by atoms with Gasteiger partial charge in [-0.3, -0.25) is 14.6 Å². The normalized spacial score (nSPS) is 20.7. The summed E-state index contributed by atoms with van der Waals surface area (Å²) in [6.07, 6.45) is 0.608. The Morgan fingerprint density at radius 3 is 2.46 bits per heavy atom. The molecule has 2 heterocycles. The van der Waals surface area contributed by atoms with E-state index in [9.17, 15) is 4.79 Å². The number of amides is 1. The zero-order valence-corrected chi connectivity index (χ0v) is 15.8. The van der Waals surface area contributed by atoms with Crippen molar-refractivity contribution in [3.05, 3.63) is 30.3 Å². The van der Waals surface area contributed by atoms with Gasteiger partial charge in [0.25, 0.3) is 0 Å². The number of carbonyl (C=O) groups excluding carboxylic acids is 1. The Balaban J connectivity index is 1.33. The number of benzene rings is 1. The van der Waals surface area contributed by atoms with Crippen LogP contribution in [0.15, 0.2) is 30.3 Å². The summed E-state index contributed by atoms with van der Waals surface area (Å²) in [5.74, 6) is 1.20. The maximum atomic E-state index is 12.6. The van der Waals surface area contributed by atoms with Crippen molar-refractivity contribution in [2.24, 2.45) is 0 Å². The highest BCUT2D eigenvalue weighted by atomic mass is 16.5. The standard InChI is InChI=1S/C20H31N3O3/c1-18(22-12-14-25-15-13-22)17-20(24)23-9-7-21(8-10-23)11-16-26-19-5-3-2-4-6-19/h2-6,18H,7-17H2,1H3/t18-/m1/s1. The van der Waals surface area contributed by atoms with Crippen molar-refractivity contribution < 1.29 is 14.3 Å². The predicted octanol–water partition coefficient (Wildman–Crippen LogP) is 1.32. The van der Waals surface area contributed by atoms with Crippen LogP contribution in [-0.4, -0.2) is 92.3 Å². The van der Waals surface area contributed by atoms with Crippen LogP contribution in [0.5, 0.6) is 5.75 Å². The third-order valence-electron chi connectivity index (χ3n) is 5.28. The quantitative estimate of drug-likeness (QED) is 0.733. The van der Waals surface area contributed by atoms with Crippen LogP contribution in [0, 0.1) is 0 Å². The van der Waals surface area contributed by atoms with Gasteiger partial charge in [-0.1, -0.05) is 18.2 Å². The second kappa shape index (κ2) is 9.90. The lowest BCUT2D eigenvalue weighted by molar-refractivity contribution is -0.134. The van der Waals surface area contributed by atoms with E-state index in [1.165, 1.54) is 0 Å². The van der Waals surface area contributed by atoms with E-state index in [1.54, 1.807) is 0 Å². The summed E-state index contributed by atoms with van der Waals surface area (Å²) in [5.41, 5.74) is 0. The van der Waals surface area contributed by atoms with Gasteiger partial charge in [0.2, 0.25) is 5.91 Å². The minimum atomic E-state index is 0.282. The molecule has 0 unspecified atom stereocenters. The molecule has 0 radical (unpaired) electrons. The van der Waals surface area contributed by atoms with Crippen LogP contribution in [0.4, 0.5) is 0 Å². The molecule has 26 heavy (non-hydrogen) atoms. The highest BCUT2D eigenvalue weighted by molar-refractivity contribution is 5.76. The van der Waals surface area contributed by atoms with Crippen LogP contribution in [0.2, 0.25) is 0 Å². The largest absolute Gasteiger partial charge is 0.492 e. The average molecular weight is 361 g/mol. The molecule has 1 atom stereocenters. The van der Waals surface area contributed by atoms with E-state index >= 15 is 0 Å². The SMILES string of the molecule is C[C@H](CC(=O)N1CCN(CCOc2ccccc2)CC1)N1CCOCC1. The molecular formula is C20H31N3O3. The number of ether oxygens (including phenoxy) is 2. The summed E-state index contributed by atoms with van der Waals surface area (Å²) in [6.45, 7) is 10.7. The highest BCUT2D eigenvalue weighted by Gasteiger charge is 2.25. The summed E-state index contributed by atoms with van der Waals surface area (Å²) >= 11 is 0. The van der Waals surface area contributed by atoms with Gasteiger partial charge >= 0.3 is 0 Å². The van der Waals surface area contributed by atoms with Gasteiger partial charge in [-0.25, -0.2) is 0 Å². The van der Waals surface area contributed by atoms with Gasteiger partial charge < -0.3 is 14.4 Å². The third-order valence-corrected chi connectivity index (χ3v) is 5.28. The van der Waals surface area contributed by atoms with Crippen molar-refractivity contribution in [1.82, 2.24) is 14.7 Å². The Labute approximate surface area is 156 Å². The number of carbonyl (C=O) groups is 1. The minimum absolute atomic E-state index is 0.282. The molecule has 0 N–H and O–H groups in total. The highest BCUT2D eigenvalue weighted by Crippen LogP contribution is 2.12. The molecule has 144 valence electrons. The van der Waals surface area contributed by atoms with Crippen LogP contribution in [0.1, 0.15) is 13.3 Å². The van der Waals surface area contributed by atoms with Crippen LogP contribution in [0.3, 0.4) is 0 Å². The number of hydrogen-bond donors (Lipinski definition) is 0. The van der Waals surface area contributed by atoms with E-state index in [1.807, 2.05) is 35.2 Å². The van der Waals surface area contributed by atoms with Gasteiger partial charge in [0.1, 0.15) is 12.4 Å². The minimum Gasteiger partial charge on any atom is -0.492 e. The Kier molecular flexibility index (Phi) is 7.29. The summed E-state index contributed by atoms with van der Waals surface area (Å²) in [7, 11) is 0. The van der Waals surface area contributed by atoms with Gasteiger partial charge in [-0.05, 0) is 19.1 Å². The van der Waals surface area contributed by atoms with Gasteiger partial charge in [0, 0.05) is 58.3 Å². The molecule has 1 amide bonds. The molecule has 3 rings (SSSR count). The molecule has 0 aliphatic carbocycles. The third kappa shape index (κ3) is 5.69. The molecule has 2 fully saturated rings. The van der Waals surface area contributed by atoms with E-state index in [4.69, 9.17) is 9.47 Å². The summed E-state index contributed by atoms with van der Waals surface area (Å²) < 4.78 is 11.2. The molecule has 1 aromatic carbocycles. The maximum absolute atomic E-state index is 12.6. The van der Waals surface area contributed by atoms with Crippen molar-refractivity contribution in [2.75, 3.05) is 65.6 Å². The summed E-state index contributed by atoms with van der Waals surface area (Å²) in [6, 6.07) is 10.2. The maximum Gasteiger partial charge on any atom is 0.224 e. The number of rotatable bonds is 7. The number of para-hydroxylation sites is 1. The summed E-state index contributed by atoms with van der Waals surface area (Å²) in [5, 5.41) is 0. The number of piperazine rings is 1. The van der Waals surface area contributed by atoms with E-state index in [2.05, 4.69) is 16.7 Å². The van der Waals surface area contributed by atoms with E-state index in [0.29, 0.717) is 19.1 Å². The van der Waals surface area contributed by atoms with Gasteiger partial charge in [0.15, 0.2) is 0 Å². The van der Waals surface area contributed by atoms with E-state index < -0.39 is 0 Å². The molecule has 2 aliphatic heterocycles. The molecule has 6 nitrogen and oxygen atoms in total. The van der Waals surface area contributed by atoms with Crippen LogP contribution >= 0.6 is 0 Å². The fraction of sp³-hybridized carbons (Fsp3) is 0.650. The van der Waals surface area contributed by atoms with Crippen LogP contribution in [0.25, 0.3) is 0 Å². The lowest BCUT2D eigenvalue weighted by Gasteiger charge is -2.37. The first-order valence-corrected chi connectivity index (χ1v) is 9.72. The first-order chi connectivity index (χ1) is 12.7. The Morgan fingerprint density at radius 1 is 1.08 bits per heavy atom. The van der Waals surface area contributed by atoms with Gasteiger partial charge in [0.05, 0.1) is 13.2 Å². The average Bonchev–Trinajstić information content (AvgIpc) is 2.70. The first-order valence-electron chi connectivity index (χ1n) is 9.72. The molecule has 0 spiro atoms. The van der Waals surface area contributed by atoms with Crippen LogP contribution in [-0.2, 0) is 9.53 Å². The second-order valence-corrected chi connectivity index (χ2v) is 7.09. The fourth-order valence-corrected chi connectivity index (χ4v) is 3.56. The van der Waals surface area contributed by atoms with E-state index in [-0.39, 0.29) is 5.91 Å². The molecule has 0 aromatic heterocycles. The van der Waals surface area contributed by atoms with Crippen molar-refractivity contribution in [1.29, 1.82) is 0 Å². The zero-order valence-electron chi connectivity index (χ0n) is 15.8. The van der Waals surface area contributed by atoms with Crippen molar-refractivity contribution in [3.8, 4) is 5.75 Å². The Bertz CT molecular complexity index is 540. The first kappa shape index (κ1) is 19.1. The Hall–Kier alpha value is -1.63.